The highest BCUT2D eigenvalue weighted by Gasteiger charge is 2.35. The van der Waals surface area contributed by atoms with Gasteiger partial charge >= 0.3 is 0 Å². The van der Waals surface area contributed by atoms with Crippen LogP contribution in [0.1, 0.15) is 26.3 Å². The average Bonchev–Trinajstić information content (AvgIpc) is 3.32. The van der Waals surface area contributed by atoms with Crippen LogP contribution >= 0.6 is 11.3 Å². The van der Waals surface area contributed by atoms with Crippen molar-refractivity contribution in [1.29, 1.82) is 0 Å². The summed E-state index contributed by atoms with van der Waals surface area (Å²) in [5, 5.41) is 0.965. The van der Waals surface area contributed by atoms with Gasteiger partial charge < -0.3 is 9.47 Å². The summed E-state index contributed by atoms with van der Waals surface area (Å²) in [5.41, 5.74) is -4.05. The third kappa shape index (κ3) is 4.47. The van der Waals surface area contributed by atoms with Crippen molar-refractivity contribution in [2.24, 2.45) is 0 Å². The Morgan fingerprint density at radius 3 is 1.23 bits per heavy atom. The Morgan fingerprint density at radius 1 is 0.475 bits per heavy atom. The summed E-state index contributed by atoms with van der Waals surface area (Å²) in [6.07, 6.45) is 0. The van der Waals surface area contributed by atoms with Gasteiger partial charge in [0.2, 0.25) is 5.82 Å². The number of ether oxygens (including phenoxy) is 2. The molecule has 4 rings (SSSR count). The van der Waals surface area contributed by atoms with Crippen molar-refractivity contribution < 1.29 is 49.0 Å². The van der Waals surface area contributed by atoms with E-state index < -0.39 is 80.0 Å². The van der Waals surface area contributed by atoms with Crippen LogP contribution in [0.15, 0.2) is 24.3 Å². The number of methoxy groups -OCH3 is 2. The van der Waals surface area contributed by atoms with E-state index in [4.69, 9.17) is 9.47 Å². The van der Waals surface area contributed by atoms with Gasteiger partial charge in [-0.05, 0) is 16.5 Å². The highest BCUT2D eigenvalue weighted by molar-refractivity contribution is 7.16. The van der Waals surface area contributed by atoms with E-state index in [2.05, 4.69) is 0 Å². The molecule has 3 aromatic carbocycles. The van der Waals surface area contributed by atoms with Crippen molar-refractivity contribution in [2.75, 3.05) is 14.2 Å². The van der Waals surface area contributed by atoms with Gasteiger partial charge in [0.25, 0.3) is 0 Å². The molecule has 212 valence electrons. The number of hydrogen-bond acceptors (Lipinski definition) is 3. The zero-order valence-corrected chi connectivity index (χ0v) is 22.3. The number of benzene rings is 3. The molecular formula is C28H19F9O2S. The second kappa shape index (κ2) is 10.4. The van der Waals surface area contributed by atoms with Crippen molar-refractivity contribution in [3.8, 4) is 43.5 Å². The lowest BCUT2D eigenvalue weighted by Crippen LogP contribution is -2.12. The summed E-state index contributed by atoms with van der Waals surface area (Å²) in [5.74, 6) is -21.9. The molecule has 1 heterocycles. The molecule has 0 aliphatic carbocycles. The minimum absolute atomic E-state index is 0.432. The molecule has 0 N–H and O–H groups in total. The number of halogens is 9. The third-order valence-electron chi connectivity index (χ3n) is 6.15. The summed E-state index contributed by atoms with van der Waals surface area (Å²) in [6.45, 7) is 5.72. The summed E-state index contributed by atoms with van der Waals surface area (Å²) < 4.78 is 140. The Morgan fingerprint density at radius 2 is 0.825 bits per heavy atom. The van der Waals surface area contributed by atoms with Gasteiger partial charge in [-0.1, -0.05) is 56.4 Å². The minimum Gasteiger partial charge on any atom is -0.487 e. The van der Waals surface area contributed by atoms with Crippen LogP contribution in [0.3, 0.4) is 0 Å². The van der Waals surface area contributed by atoms with Gasteiger partial charge in [0, 0.05) is 22.3 Å². The quantitative estimate of drug-likeness (QED) is 0.131. The fourth-order valence-electron chi connectivity index (χ4n) is 4.39. The van der Waals surface area contributed by atoms with Crippen molar-refractivity contribution in [3.63, 3.8) is 0 Å². The van der Waals surface area contributed by atoms with E-state index in [9.17, 15) is 35.1 Å². The lowest BCUT2D eigenvalue weighted by Gasteiger charge is -2.22. The van der Waals surface area contributed by atoms with Crippen molar-refractivity contribution in [1.82, 2.24) is 0 Å². The van der Waals surface area contributed by atoms with E-state index in [-0.39, 0.29) is 0 Å². The third-order valence-corrected chi connectivity index (χ3v) is 7.27. The predicted octanol–water partition coefficient (Wildman–Crippen LogP) is 9.32. The summed E-state index contributed by atoms with van der Waals surface area (Å²) >= 11 is 1.19. The molecule has 12 heteroatoms. The van der Waals surface area contributed by atoms with Gasteiger partial charge in [-0.2, -0.15) is 0 Å². The van der Waals surface area contributed by atoms with Crippen LogP contribution in [-0.4, -0.2) is 14.2 Å². The van der Waals surface area contributed by atoms with Crippen LogP contribution < -0.4 is 9.47 Å². The zero-order chi connectivity index (χ0) is 29.8. The first-order valence-corrected chi connectivity index (χ1v) is 12.2. The Balaban J connectivity index is 2.03. The van der Waals surface area contributed by atoms with Gasteiger partial charge in [-0.15, -0.1) is 0 Å². The van der Waals surface area contributed by atoms with Gasteiger partial charge in [-0.25, -0.2) is 39.5 Å². The van der Waals surface area contributed by atoms with Gasteiger partial charge in [0.15, 0.2) is 56.7 Å². The molecule has 0 bridgehead atoms. The van der Waals surface area contributed by atoms with Gasteiger partial charge in [-0.3, -0.25) is 0 Å². The molecular weight excluding hydrogens is 571 g/mol. The molecule has 1 aromatic heterocycles. The highest BCUT2D eigenvalue weighted by Crippen LogP contribution is 2.52. The zero-order valence-electron chi connectivity index (χ0n) is 21.4. The molecule has 4 aromatic rings. The molecule has 0 fully saturated rings. The molecule has 0 saturated heterocycles. The first-order chi connectivity index (χ1) is 18.7. The molecule has 0 aliphatic heterocycles. The molecule has 0 radical (unpaired) electrons. The van der Waals surface area contributed by atoms with Crippen molar-refractivity contribution >= 4 is 11.3 Å². The predicted molar refractivity (Wildman–Crippen MR) is 132 cm³/mol. The Hall–Kier alpha value is -3.67. The van der Waals surface area contributed by atoms with Crippen LogP contribution in [0.4, 0.5) is 39.5 Å². The first-order valence-electron chi connectivity index (χ1n) is 11.4. The largest absolute Gasteiger partial charge is 0.487 e. The summed E-state index contributed by atoms with van der Waals surface area (Å²) in [7, 11) is 2.89. The summed E-state index contributed by atoms with van der Waals surface area (Å²) in [4.78, 5) is 0. The molecule has 0 spiro atoms. The monoisotopic (exact) mass is 590 g/mol. The number of thiophene rings is 1. The first kappa shape index (κ1) is 29.3. The molecule has 0 amide bonds. The summed E-state index contributed by atoms with van der Waals surface area (Å²) in [6, 6.07) is 4.90. The second-order valence-corrected chi connectivity index (χ2v) is 10.6. The molecule has 0 saturated carbocycles. The highest BCUT2D eigenvalue weighted by atomic mass is 32.1. The SMILES string of the molecule is COc1sc(OC)c(C(C)(C)C)c1-c1ccc(-c2c(F)c(F)c(F)c(F)c2-c2c(F)c(F)c(F)c(F)c2F)cc1. The Kier molecular flexibility index (Phi) is 7.61. The molecule has 2 nitrogen and oxygen atoms in total. The molecule has 0 aliphatic rings. The van der Waals surface area contributed by atoms with E-state index in [1.54, 1.807) is 0 Å². The van der Waals surface area contributed by atoms with Gasteiger partial charge in [0.1, 0.15) is 0 Å². The van der Waals surface area contributed by atoms with Crippen LogP contribution in [0.2, 0.25) is 0 Å². The van der Waals surface area contributed by atoms with Crippen molar-refractivity contribution in [3.05, 3.63) is 82.2 Å². The maximum Gasteiger partial charge on any atom is 0.200 e. The van der Waals surface area contributed by atoms with E-state index in [0.717, 1.165) is 17.7 Å². The second-order valence-electron chi connectivity index (χ2n) is 9.61. The smallest absolute Gasteiger partial charge is 0.200 e. The van der Waals surface area contributed by atoms with E-state index >= 15 is 4.39 Å². The average molecular weight is 591 g/mol. The molecule has 0 atom stereocenters. The fourth-order valence-corrected chi connectivity index (χ4v) is 5.55. The number of hydrogen-bond donors (Lipinski definition) is 0. The topological polar surface area (TPSA) is 18.5 Å². The maximum absolute atomic E-state index is 15.1. The van der Waals surface area contributed by atoms with E-state index in [1.165, 1.54) is 37.7 Å². The van der Waals surface area contributed by atoms with E-state index in [0.29, 0.717) is 21.3 Å². The molecule has 0 unspecified atom stereocenters. The lowest BCUT2D eigenvalue weighted by atomic mass is 9.83. The van der Waals surface area contributed by atoms with Crippen LogP contribution in [0, 0.1) is 52.4 Å². The standard InChI is InChI=1S/C28H19F9O2S/c1-28(2,3)16-13(26(38-4)40-27(16)39-5)11-8-6-10(7-9-11)12-14(18(30)22(34)21(33)17(12)29)15-19(31)23(35)25(37)24(36)20(15)32/h6-9H,1-5H3. The number of rotatable bonds is 5. The van der Waals surface area contributed by atoms with Crippen LogP contribution in [0.25, 0.3) is 33.4 Å². The van der Waals surface area contributed by atoms with Crippen LogP contribution in [0.5, 0.6) is 10.1 Å². The molecule has 40 heavy (non-hydrogen) atoms. The Labute approximate surface area is 226 Å². The fraction of sp³-hybridized carbons (Fsp3) is 0.214. The maximum atomic E-state index is 15.1. The van der Waals surface area contributed by atoms with E-state index in [1.807, 2.05) is 20.8 Å². The van der Waals surface area contributed by atoms with Gasteiger partial charge in [0.05, 0.1) is 19.8 Å². The normalized spacial score (nSPS) is 11.8. The lowest BCUT2D eigenvalue weighted by molar-refractivity contribution is 0.379. The van der Waals surface area contributed by atoms with Crippen molar-refractivity contribution in [2.45, 2.75) is 26.2 Å². The minimum atomic E-state index is -2.57. The van der Waals surface area contributed by atoms with Crippen LogP contribution in [-0.2, 0) is 5.41 Å². The Bertz CT molecular complexity index is 1610.